The van der Waals surface area contributed by atoms with Crippen molar-refractivity contribution in [3.8, 4) is 0 Å². The second kappa shape index (κ2) is 7.09. The Balaban J connectivity index is 1.69. The highest BCUT2D eigenvalue weighted by molar-refractivity contribution is 7.10. The Morgan fingerprint density at radius 2 is 1.90 bits per heavy atom. The summed E-state index contributed by atoms with van der Waals surface area (Å²) in [5, 5.41) is 5.92. The van der Waals surface area contributed by atoms with Crippen LogP contribution in [0.25, 0.3) is 0 Å². The third-order valence-corrected chi connectivity index (χ3v) is 5.97. The van der Waals surface area contributed by atoms with Crippen molar-refractivity contribution in [3.63, 3.8) is 0 Å². The lowest BCUT2D eigenvalue weighted by Crippen LogP contribution is -2.30. The van der Waals surface area contributed by atoms with Gasteiger partial charge in [-0.25, -0.2) is 0 Å². The summed E-state index contributed by atoms with van der Waals surface area (Å²) >= 11 is 1.90. The lowest BCUT2D eigenvalue weighted by molar-refractivity contribution is 0.149. The molecule has 0 bridgehead atoms. The minimum Gasteiger partial charge on any atom is -0.312 e. The number of hydrogen-bond donors (Lipinski definition) is 1. The van der Waals surface area contributed by atoms with E-state index < -0.39 is 0 Å². The number of thiophene rings is 1. The summed E-state index contributed by atoms with van der Waals surface area (Å²) in [7, 11) is 0. The molecule has 1 heterocycles. The molecular formula is C18H31NS. The summed E-state index contributed by atoms with van der Waals surface area (Å²) in [5.74, 6) is 1.83. The smallest absolute Gasteiger partial charge is 0.0302 e. The van der Waals surface area contributed by atoms with Crippen LogP contribution in [-0.2, 0) is 13.0 Å². The van der Waals surface area contributed by atoms with Crippen molar-refractivity contribution in [2.45, 2.75) is 66.3 Å². The summed E-state index contributed by atoms with van der Waals surface area (Å²) in [6.45, 7) is 11.7. The first-order valence-corrected chi connectivity index (χ1v) is 9.14. The van der Waals surface area contributed by atoms with E-state index in [2.05, 4.69) is 44.5 Å². The maximum absolute atomic E-state index is 3.70. The fourth-order valence-corrected chi connectivity index (χ4v) is 4.41. The first kappa shape index (κ1) is 16.0. The van der Waals surface area contributed by atoms with Gasteiger partial charge in [-0.05, 0) is 72.9 Å². The van der Waals surface area contributed by atoms with Gasteiger partial charge in [0.2, 0.25) is 0 Å². The molecule has 0 atom stereocenters. The molecule has 1 nitrogen and oxygen atoms in total. The van der Waals surface area contributed by atoms with E-state index in [-0.39, 0.29) is 0 Å². The van der Waals surface area contributed by atoms with Crippen LogP contribution in [0.3, 0.4) is 0 Å². The van der Waals surface area contributed by atoms with Crippen molar-refractivity contribution < 1.29 is 0 Å². The zero-order chi connectivity index (χ0) is 14.6. The van der Waals surface area contributed by atoms with Gasteiger partial charge in [-0.2, -0.15) is 0 Å². The molecule has 1 aliphatic rings. The zero-order valence-corrected chi connectivity index (χ0v) is 14.5. The topological polar surface area (TPSA) is 12.0 Å². The highest BCUT2D eigenvalue weighted by Gasteiger charge is 2.29. The van der Waals surface area contributed by atoms with E-state index in [1.807, 2.05) is 11.3 Å². The third-order valence-electron chi connectivity index (χ3n) is 5.01. The van der Waals surface area contributed by atoms with Crippen molar-refractivity contribution in [1.29, 1.82) is 0 Å². The molecule has 0 aliphatic heterocycles. The Kier molecular flexibility index (Phi) is 5.68. The van der Waals surface area contributed by atoms with Crippen LogP contribution in [0.1, 0.15) is 63.8 Å². The highest BCUT2D eigenvalue weighted by atomic mass is 32.1. The van der Waals surface area contributed by atoms with Gasteiger partial charge in [-0.3, -0.25) is 0 Å². The molecule has 0 radical (unpaired) electrons. The Morgan fingerprint density at radius 3 is 2.50 bits per heavy atom. The third kappa shape index (κ3) is 4.33. The van der Waals surface area contributed by atoms with Gasteiger partial charge in [-0.1, -0.05) is 27.7 Å². The van der Waals surface area contributed by atoms with Crippen LogP contribution in [0.2, 0.25) is 0 Å². The summed E-state index contributed by atoms with van der Waals surface area (Å²) < 4.78 is 0. The van der Waals surface area contributed by atoms with Gasteiger partial charge in [-0.15, -0.1) is 11.3 Å². The van der Waals surface area contributed by atoms with Gasteiger partial charge >= 0.3 is 0 Å². The molecule has 0 unspecified atom stereocenters. The average Bonchev–Trinajstić information content (AvgIpc) is 2.86. The van der Waals surface area contributed by atoms with Crippen molar-refractivity contribution in [2.75, 3.05) is 6.54 Å². The van der Waals surface area contributed by atoms with E-state index in [1.165, 1.54) is 42.7 Å². The predicted octanol–water partition coefficient (Wildman–Crippen LogP) is 5.25. The van der Waals surface area contributed by atoms with Crippen LogP contribution in [0.5, 0.6) is 0 Å². The largest absolute Gasteiger partial charge is 0.312 e. The molecule has 1 saturated carbocycles. The maximum atomic E-state index is 3.70. The van der Waals surface area contributed by atoms with Crippen LogP contribution in [0.4, 0.5) is 0 Å². The van der Waals surface area contributed by atoms with Gasteiger partial charge in [0.1, 0.15) is 0 Å². The van der Waals surface area contributed by atoms with Crippen molar-refractivity contribution in [3.05, 3.63) is 21.9 Å². The van der Waals surface area contributed by atoms with Gasteiger partial charge in [0.05, 0.1) is 0 Å². The Morgan fingerprint density at radius 1 is 1.20 bits per heavy atom. The molecular weight excluding hydrogens is 262 g/mol. The molecule has 2 rings (SSSR count). The molecule has 0 aromatic carbocycles. The normalized spacial score (nSPS) is 24.0. The van der Waals surface area contributed by atoms with Gasteiger partial charge < -0.3 is 5.32 Å². The van der Waals surface area contributed by atoms with E-state index in [0.717, 1.165) is 24.8 Å². The lowest BCUT2D eigenvalue weighted by atomic mass is 9.70. The van der Waals surface area contributed by atoms with Crippen LogP contribution in [-0.4, -0.2) is 6.54 Å². The number of aryl methyl sites for hydroxylation is 1. The fraction of sp³-hybridized carbons (Fsp3) is 0.778. The summed E-state index contributed by atoms with van der Waals surface area (Å²) in [5.41, 5.74) is 2.03. The van der Waals surface area contributed by atoms with Crippen molar-refractivity contribution in [1.82, 2.24) is 5.32 Å². The molecule has 0 amide bonds. The van der Waals surface area contributed by atoms with Crippen LogP contribution in [0.15, 0.2) is 11.4 Å². The highest BCUT2D eigenvalue weighted by Crippen LogP contribution is 2.39. The summed E-state index contributed by atoms with van der Waals surface area (Å²) in [4.78, 5) is 1.54. The Labute approximate surface area is 129 Å². The number of rotatable bonds is 5. The fourth-order valence-electron chi connectivity index (χ4n) is 3.46. The molecule has 0 saturated heterocycles. The van der Waals surface area contributed by atoms with Crippen LogP contribution >= 0.6 is 11.3 Å². The molecule has 1 fully saturated rings. The van der Waals surface area contributed by atoms with E-state index in [1.54, 1.807) is 0 Å². The van der Waals surface area contributed by atoms with Gasteiger partial charge in [0.25, 0.3) is 0 Å². The molecule has 20 heavy (non-hydrogen) atoms. The zero-order valence-electron chi connectivity index (χ0n) is 13.7. The number of nitrogens with one attached hydrogen (secondary N) is 1. The SMILES string of the molecule is CCc1ccsc1CNCC1CCC(C(C)(C)C)CC1. The van der Waals surface area contributed by atoms with E-state index in [4.69, 9.17) is 0 Å². The molecule has 1 aliphatic carbocycles. The predicted molar refractivity (Wildman–Crippen MR) is 90.3 cm³/mol. The molecule has 1 N–H and O–H groups in total. The van der Waals surface area contributed by atoms with Gasteiger partial charge in [0, 0.05) is 11.4 Å². The van der Waals surface area contributed by atoms with Gasteiger partial charge in [0.15, 0.2) is 0 Å². The monoisotopic (exact) mass is 293 g/mol. The standard InChI is InChI=1S/C18H31NS/c1-5-15-10-11-20-17(15)13-19-12-14-6-8-16(9-7-14)18(2,3)4/h10-11,14,16,19H,5-9,12-13H2,1-4H3. The first-order valence-electron chi connectivity index (χ1n) is 8.26. The molecule has 0 spiro atoms. The maximum Gasteiger partial charge on any atom is 0.0302 e. The minimum absolute atomic E-state index is 0.505. The van der Waals surface area contributed by atoms with E-state index >= 15 is 0 Å². The molecule has 2 heteroatoms. The van der Waals surface area contributed by atoms with Crippen LogP contribution in [0, 0.1) is 17.3 Å². The second-order valence-corrected chi connectivity index (χ2v) is 8.44. The Hall–Kier alpha value is -0.340. The molecule has 1 aromatic heterocycles. The van der Waals surface area contributed by atoms with E-state index in [0.29, 0.717) is 5.41 Å². The average molecular weight is 294 g/mol. The second-order valence-electron chi connectivity index (χ2n) is 7.44. The minimum atomic E-state index is 0.505. The van der Waals surface area contributed by atoms with Crippen molar-refractivity contribution in [2.24, 2.45) is 17.3 Å². The van der Waals surface area contributed by atoms with Crippen molar-refractivity contribution >= 4 is 11.3 Å². The lowest BCUT2D eigenvalue weighted by Gasteiger charge is -2.37. The van der Waals surface area contributed by atoms with Crippen LogP contribution < -0.4 is 5.32 Å². The summed E-state index contributed by atoms with van der Waals surface area (Å²) in [6.07, 6.45) is 6.85. The number of hydrogen-bond acceptors (Lipinski definition) is 2. The van der Waals surface area contributed by atoms with E-state index in [9.17, 15) is 0 Å². The molecule has 114 valence electrons. The molecule has 1 aromatic rings. The summed E-state index contributed by atoms with van der Waals surface area (Å²) in [6, 6.07) is 2.27. The Bertz CT molecular complexity index is 394. The first-order chi connectivity index (χ1) is 9.50. The quantitative estimate of drug-likeness (QED) is 0.781.